The summed E-state index contributed by atoms with van der Waals surface area (Å²) in [6.07, 6.45) is 1.66. The number of carbonyl (C=O) groups is 2. The van der Waals surface area contributed by atoms with Crippen LogP contribution in [0.15, 0.2) is 28.1 Å². The largest absolute Gasteiger partial charge is 0.493 e. The molecule has 1 atom stereocenters. The number of aliphatic imine (C=N–C) groups is 1. The van der Waals surface area contributed by atoms with Crippen LogP contribution >= 0.6 is 0 Å². The molecule has 0 amide bonds. The smallest absolute Gasteiger partial charge is 0.328 e. The molecule has 0 aromatic heterocycles. The molecule has 0 aromatic carbocycles. The van der Waals surface area contributed by atoms with Crippen molar-refractivity contribution in [2.75, 3.05) is 26.9 Å². The van der Waals surface area contributed by atoms with Gasteiger partial charge in [-0.15, -0.1) is 0 Å². The summed E-state index contributed by atoms with van der Waals surface area (Å²) in [5.41, 5.74) is 0.999. The second-order valence-electron chi connectivity index (χ2n) is 4.46. The van der Waals surface area contributed by atoms with Gasteiger partial charge in [0.05, 0.1) is 26.0 Å². The number of aliphatic hydroxyl groups is 2. The lowest BCUT2D eigenvalue weighted by Crippen LogP contribution is -2.41. The molecule has 9 nitrogen and oxygen atoms in total. The summed E-state index contributed by atoms with van der Waals surface area (Å²) in [5, 5.41) is 38.6. The van der Waals surface area contributed by atoms with E-state index < -0.39 is 31.1 Å². The molecule has 0 aromatic rings. The molecule has 1 aliphatic rings. The van der Waals surface area contributed by atoms with E-state index in [1.807, 2.05) is 0 Å². The van der Waals surface area contributed by atoms with E-state index in [0.29, 0.717) is 11.3 Å². The highest BCUT2D eigenvalue weighted by molar-refractivity contribution is 6.09. The lowest BCUT2D eigenvalue weighted by molar-refractivity contribution is -0.140. The number of aliphatic carboxylic acids is 2. The fourth-order valence-corrected chi connectivity index (χ4v) is 1.88. The SMILES string of the molecule is COC1=C(NC(CO)C(=O)O)CC(CO)=CC1=NCC(=O)O. The van der Waals surface area contributed by atoms with Crippen LogP contribution in [-0.4, -0.2) is 71.0 Å². The lowest BCUT2D eigenvalue weighted by Gasteiger charge is -2.24. The van der Waals surface area contributed by atoms with Gasteiger partial charge in [0.2, 0.25) is 0 Å². The number of nitrogens with zero attached hydrogens (tertiary/aromatic N) is 1. The summed E-state index contributed by atoms with van der Waals surface area (Å²) in [7, 11) is 1.33. The van der Waals surface area contributed by atoms with Crippen LogP contribution in [-0.2, 0) is 14.3 Å². The number of hydrogen-bond acceptors (Lipinski definition) is 7. The average Bonchev–Trinajstić information content (AvgIpc) is 2.49. The third-order valence-corrected chi connectivity index (χ3v) is 2.87. The summed E-state index contributed by atoms with van der Waals surface area (Å²) in [4.78, 5) is 25.5. The summed E-state index contributed by atoms with van der Waals surface area (Å²) in [5.74, 6) is -2.21. The summed E-state index contributed by atoms with van der Waals surface area (Å²) in [6.45, 7) is -1.44. The van der Waals surface area contributed by atoms with E-state index >= 15 is 0 Å². The summed E-state index contributed by atoms with van der Waals surface area (Å²) < 4.78 is 5.16. The predicted molar refractivity (Wildman–Crippen MR) is 75.4 cm³/mol. The van der Waals surface area contributed by atoms with E-state index in [9.17, 15) is 14.7 Å². The predicted octanol–water partition coefficient (Wildman–Crippen LogP) is -1.27. The molecule has 0 saturated heterocycles. The van der Waals surface area contributed by atoms with Gasteiger partial charge in [0.15, 0.2) is 5.76 Å². The van der Waals surface area contributed by atoms with Crippen LogP contribution in [0.4, 0.5) is 0 Å². The Balaban J connectivity index is 3.15. The Kier molecular flexibility index (Phi) is 6.54. The number of carboxylic acid groups (broad SMARTS) is 2. The number of methoxy groups -OCH3 is 1. The molecule has 1 aliphatic carbocycles. The molecule has 1 unspecified atom stereocenters. The fraction of sp³-hybridized carbons (Fsp3) is 0.462. The van der Waals surface area contributed by atoms with Crippen molar-refractivity contribution in [3.05, 3.63) is 23.1 Å². The second kappa shape index (κ2) is 8.15. The maximum absolute atomic E-state index is 11.0. The highest BCUT2D eigenvalue weighted by atomic mass is 16.5. The Bertz CT molecular complexity index is 537. The first-order valence-corrected chi connectivity index (χ1v) is 6.37. The van der Waals surface area contributed by atoms with Gasteiger partial charge in [-0.3, -0.25) is 9.79 Å². The van der Waals surface area contributed by atoms with E-state index in [1.54, 1.807) is 0 Å². The first-order chi connectivity index (χ1) is 10.4. The zero-order chi connectivity index (χ0) is 16.7. The van der Waals surface area contributed by atoms with Crippen molar-refractivity contribution in [2.24, 2.45) is 4.99 Å². The van der Waals surface area contributed by atoms with Crippen molar-refractivity contribution in [3.63, 3.8) is 0 Å². The van der Waals surface area contributed by atoms with Crippen LogP contribution in [0.25, 0.3) is 0 Å². The molecular formula is C13H18N2O7. The highest BCUT2D eigenvalue weighted by Gasteiger charge is 2.25. The molecule has 0 fully saturated rings. The van der Waals surface area contributed by atoms with Crippen molar-refractivity contribution in [1.82, 2.24) is 5.32 Å². The minimum atomic E-state index is -1.26. The average molecular weight is 314 g/mol. The monoisotopic (exact) mass is 314 g/mol. The van der Waals surface area contributed by atoms with E-state index in [1.165, 1.54) is 13.2 Å². The van der Waals surface area contributed by atoms with Crippen LogP contribution in [0.3, 0.4) is 0 Å². The Morgan fingerprint density at radius 1 is 1.41 bits per heavy atom. The number of ether oxygens (including phenoxy) is 1. The summed E-state index contributed by atoms with van der Waals surface area (Å²) in [6, 6.07) is -1.25. The van der Waals surface area contributed by atoms with Crippen LogP contribution in [0.1, 0.15) is 6.42 Å². The Morgan fingerprint density at radius 2 is 2.09 bits per heavy atom. The molecule has 1 rings (SSSR count). The van der Waals surface area contributed by atoms with E-state index in [-0.39, 0.29) is 24.5 Å². The van der Waals surface area contributed by atoms with Crippen LogP contribution in [0, 0.1) is 0 Å². The topological polar surface area (TPSA) is 149 Å². The molecule has 0 bridgehead atoms. The third kappa shape index (κ3) is 4.57. The number of hydrogen-bond donors (Lipinski definition) is 5. The van der Waals surface area contributed by atoms with Gasteiger partial charge in [0.25, 0.3) is 0 Å². The maximum Gasteiger partial charge on any atom is 0.328 e. The molecule has 5 N–H and O–H groups in total. The lowest BCUT2D eigenvalue weighted by atomic mass is 9.99. The Morgan fingerprint density at radius 3 is 2.55 bits per heavy atom. The zero-order valence-corrected chi connectivity index (χ0v) is 11.9. The molecule has 0 spiro atoms. The Labute approximate surface area is 126 Å². The van der Waals surface area contributed by atoms with Gasteiger partial charge in [-0.2, -0.15) is 0 Å². The van der Waals surface area contributed by atoms with Crippen molar-refractivity contribution >= 4 is 17.7 Å². The molecule has 9 heteroatoms. The third-order valence-electron chi connectivity index (χ3n) is 2.87. The summed E-state index contributed by atoms with van der Waals surface area (Å²) >= 11 is 0. The Hall–Kier alpha value is -2.39. The van der Waals surface area contributed by atoms with Gasteiger partial charge < -0.3 is 30.5 Å². The number of carboxylic acids is 2. The highest BCUT2D eigenvalue weighted by Crippen LogP contribution is 2.22. The van der Waals surface area contributed by atoms with E-state index in [4.69, 9.17) is 20.1 Å². The molecule has 22 heavy (non-hydrogen) atoms. The van der Waals surface area contributed by atoms with E-state index in [0.717, 1.165) is 0 Å². The second-order valence-corrected chi connectivity index (χ2v) is 4.46. The van der Waals surface area contributed by atoms with Gasteiger partial charge in [0.1, 0.15) is 18.3 Å². The zero-order valence-electron chi connectivity index (χ0n) is 11.9. The van der Waals surface area contributed by atoms with Crippen molar-refractivity contribution < 1.29 is 34.8 Å². The van der Waals surface area contributed by atoms with Crippen molar-refractivity contribution in [3.8, 4) is 0 Å². The fourth-order valence-electron chi connectivity index (χ4n) is 1.88. The van der Waals surface area contributed by atoms with Crippen molar-refractivity contribution in [2.45, 2.75) is 12.5 Å². The van der Waals surface area contributed by atoms with Gasteiger partial charge in [-0.05, 0) is 11.6 Å². The number of nitrogens with one attached hydrogen (secondary N) is 1. The number of allylic oxidation sites excluding steroid dienone is 2. The van der Waals surface area contributed by atoms with Crippen LogP contribution in [0.2, 0.25) is 0 Å². The maximum atomic E-state index is 11.0. The normalized spacial score (nSPS) is 18.0. The van der Waals surface area contributed by atoms with Gasteiger partial charge in [0, 0.05) is 6.42 Å². The minimum absolute atomic E-state index is 0.176. The first kappa shape index (κ1) is 17.7. The molecule has 122 valence electrons. The molecule has 0 saturated carbocycles. The minimum Gasteiger partial charge on any atom is -0.493 e. The first-order valence-electron chi connectivity index (χ1n) is 6.37. The molecule has 0 radical (unpaired) electrons. The van der Waals surface area contributed by atoms with Crippen LogP contribution in [0.5, 0.6) is 0 Å². The van der Waals surface area contributed by atoms with Crippen molar-refractivity contribution in [1.29, 1.82) is 0 Å². The van der Waals surface area contributed by atoms with Gasteiger partial charge in [-0.25, -0.2) is 4.79 Å². The van der Waals surface area contributed by atoms with Crippen LogP contribution < -0.4 is 5.32 Å². The standard InChI is InChI=1S/C13H18N2O7/c1-22-12-8(14-4-11(18)19)2-7(5-16)3-9(12)15-10(6-17)13(20)21/h2,10,15-17H,3-6H2,1H3,(H,18,19)(H,20,21). The molecule has 0 aliphatic heterocycles. The molecular weight excluding hydrogens is 296 g/mol. The molecule has 0 heterocycles. The van der Waals surface area contributed by atoms with Gasteiger partial charge in [-0.1, -0.05) is 0 Å². The number of rotatable bonds is 8. The van der Waals surface area contributed by atoms with Gasteiger partial charge >= 0.3 is 11.9 Å². The quantitative estimate of drug-likeness (QED) is 0.372. The van der Waals surface area contributed by atoms with E-state index in [2.05, 4.69) is 10.3 Å². The number of aliphatic hydroxyl groups excluding tert-OH is 2.